The summed E-state index contributed by atoms with van der Waals surface area (Å²) >= 11 is 0. The van der Waals surface area contributed by atoms with E-state index in [2.05, 4.69) is 15.3 Å². The van der Waals surface area contributed by atoms with E-state index in [4.69, 9.17) is 0 Å². The predicted octanol–water partition coefficient (Wildman–Crippen LogP) is 1.28. The largest absolute Gasteiger partial charge is 0.394 e. The second-order valence-corrected chi connectivity index (χ2v) is 5.43. The Morgan fingerprint density at radius 1 is 1.45 bits per heavy atom. The van der Waals surface area contributed by atoms with Crippen LogP contribution in [0.2, 0.25) is 0 Å². The number of carbonyl (C=O) groups excluding carboxylic acids is 1. The minimum Gasteiger partial charge on any atom is -0.394 e. The molecule has 1 aliphatic heterocycles. The third-order valence-electron chi connectivity index (χ3n) is 3.42. The minimum absolute atomic E-state index is 0.0135. The summed E-state index contributed by atoms with van der Waals surface area (Å²) < 4.78 is 0. The van der Waals surface area contributed by atoms with Gasteiger partial charge in [0.05, 0.1) is 18.2 Å². The van der Waals surface area contributed by atoms with E-state index in [-0.39, 0.29) is 24.6 Å². The van der Waals surface area contributed by atoms with Gasteiger partial charge in [-0.05, 0) is 33.1 Å². The smallest absolute Gasteiger partial charge is 0.257 e. The number of aromatic nitrogens is 2. The Hall–Kier alpha value is -1.69. The number of aliphatic hydroxyl groups is 1. The maximum absolute atomic E-state index is 12.4. The van der Waals surface area contributed by atoms with Crippen molar-refractivity contribution in [2.45, 2.75) is 45.2 Å². The molecule has 1 aliphatic rings. The highest BCUT2D eigenvalue weighted by atomic mass is 16.3. The standard InChI is InChI=1S/C14H22N4O2/c1-10(2)17-14-15-7-11(8-16-14)13(20)18-6-4-3-5-12(18)9-19/h7-8,10,12,19H,3-6,9H2,1-2H3,(H,15,16,17)/t12-/m1/s1. The van der Waals surface area contributed by atoms with Gasteiger partial charge in [0.2, 0.25) is 5.95 Å². The van der Waals surface area contributed by atoms with Gasteiger partial charge in [-0.2, -0.15) is 0 Å². The van der Waals surface area contributed by atoms with E-state index < -0.39 is 0 Å². The zero-order valence-electron chi connectivity index (χ0n) is 12.0. The number of piperidine rings is 1. The van der Waals surface area contributed by atoms with Crippen LogP contribution in [-0.2, 0) is 0 Å². The summed E-state index contributed by atoms with van der Waals surface area (Å²) in [5, 5.41) is 12.4. The monoisotopic (exact) mass is 278 g/mol. The molecular formula is C14H22N4O2. The summed E-state index contributed by atoms with van der Waals surface area (Å²) in [6, 6.07) is 0.169. The van der Waals surface area contributed by atoms with Crippen molar-refractivity contribution < 1.29 is 9.90 Å². The van der Waals surface area contributed by atoms with Crippen molar-refractivity contribution in [1.29, 1.82) is 0 Å². The van der Waals surface area contributed by atoms with Crippen LogP contribution >= 0.6 is 0 Å². The molecule has 1 fully saturated rings. The second kappa shape index (κ2) is 6.65. The molecular weight excluding hydrogens is 256 g/mol. The first kappa shape index (κ1) is 14.7. The molecule has 0 radical (unpaired) electrons. The van der Waals surface area contributed by atoms with Gasteiger partial charge in [0, 0.05) is 25.0 Å². The van der Waals surface area contributed by atoms with Crippen molar-refractivity contribution in [2.24, 2.45) is 0 Å². The fraction of sp³-hybridized carbons (Fsp3) is 0.643. The summed E-state index contributed by atoms with van der Waals surface area (Å²) in [7, 11) is 0. The van der Waals surface area contributed by atoms with E-state index in [1.165, 1.54) is 0 Å². The minimum atomic E-state index is -0.0974. The molecule has 0 spiro atoms. The number of aliphatic hydroxyl groups excluding tert-OH is 1. The van der Waals surface area contributed by atoms with Gasteiger partial charge in [0.25, 0.3) is 5.91 Å². The molecule has 1 amide bonds. The summed E-state index contributed by atoms with van der Waals surface area (Å²) in [6.45, 7) is 4.71. The molecule has 0 saturated carbocycles. The van der Waals surface area contributed by atoms with Crippen molar-refractivity contribution in [3.05, 3.63) is 18.0 Å². The Morgan fingerprint density at radius 3 is 2.75 bits per heavy atom. The molecule has 6 heteroatoms. The SMILES string of the molecule is CC(C)Nc1ncc(C(=O)N2CCCC[C@@H]2CO)cn1. The fourth-order valence-electron chi connectivity index (χ4n) is 2.39. The second-order valence-electron chi connectivity index (χ2n) is 5.43. The fourth-order valence-corrected chi connectivity index (χ4v) is 2.39. The van der Waals surface area contributed by atoms with Crippen LogP contribution in [0.25, 0.3) is 0 Å². The molecule has 1 aromatic heterocycles. The predicted molar refractivity (Wildman–Crippen MR) is 76.6 cm³/mol. The van der Waals surface area contributed by atoms with Gasteiger partial charge in [0.1, 0.15) is 0 Å². The molecule has 1 atom stereocenters. The van der Waals surface area contributed by atoms with Crippen LogP contribution in [0.4, 0.5) is 5.95 Å². The molecule has 2 rings (SSSR count). The van der Waals surface area contributed by atoms with Gasteiger partial charge in [-0.1, -0.05) is 0 Å². The molecule has 2 N–H and O–H groups in total. The third kappa shape index (κ3) is 3.45. The molecule has 6 nitrogen and oxygen atoms in total. The van der Waals surface area contributed by atoms with Crippen LogP contribution in [0, 0.1) is 0 Å². The van der Waals surface area contributed by atoms with Crippen molar-refractivity contribution in [2.75, 3.05) is 18.5 Å². The number of amides is 1. The van der Waals surface area contributed by atoms with Crippen molar-refractivity contribution in [1.82, 2.24) is 14.9 Å². The quantitative estimate of drug-likeness (QED) is 0.867. The van der Waals surface area contributed by atoms with E-state index >= 15 is 0 Å². The van der Waals surface area contributed by atoms with Crippen LogP contribution in [0.3, 0.4) is 0 Å². The highest BCUT2D eigenvalue weighted by Gasteiger charge is 2.27. The number of anilines is 1. The summed E-state index contributed by atoms with van der Waals surface area (Å²) in [5.41, 5.74) is 0.472. The maximum Gasteiger partial charge on any atom is 0.257 e. The number of nitrogens with zero attached hydrogens (tertiary/aromatic N) is 3. The van der Waals surface area contributed by atoms with Gasteiger partial charge < -0.3 is 15.3 Å². The van der Waals surface area contributed by atoms with Crippen LogP contribution in [0.15, 0.2) is 12.4 Å². The first-order valence-electron chi connectivity index (χ1n) is 7.12. The van der Waals surface area contributed by atoms with Crippen molar-refractivity contribution in [3.8, 4) is 0 Å². The third-order valence-corrected chi connectivity index (χ3v) is 3.42. The molecule has 0 bridgehead atoms. The summed E-state index contributed by atoms with van der Waals surface area (Å²) in [6.07, 6.45) is 5.99. The van der Waals surface area contributed by atoms with Crippen molar-refractivity contribution >= 4 is 11.9 Å². The molecule has 0 aliphatic carbocycles. The number of hydrogen-bond acceptors (Lipinski definition) is 5. The lowest BCUT2D eigenvalue weighted by Gasteiger charge is -2.34. The number of hydrogen-bond donors (Lipinski definition) is 2. The zero-order chi connectivity index (χ0) is 14.5. The highest BCUT2D eigenvalue weighted by Crippen LogP contribution is 2.19. The van der Waals surface area contributed by atoms with Crippen LogP contribution in [-0.4, -0.2) is 51.1 Å². The van der Waals surface area contributed by atoms with Gasteiger partial charge in [-0.15, -0.1) is 0 Å². The number of nitrogens with one attached hydrogen (secondary N) is 1. The van der Waals surface area contributed by atoms with Gasteiger partial charge >= 0.3 is 0 Å². The van der Waals surface area contributed by atoms with Crippen LogP contribution in [0.1, 0.15) is 43.5 Å². The topological polar surface area (TPSA) is 78.4 Å². The Kier molecular flexibility index (Phi) is 4.89. The molecule has 0 unspecified atom stereocenters. The number of carbonyl (C=O) groups is 1. The zero-order valence-corrected chi connectivity index (χ0v) is 12.0. The van der Waals surface area contributed by atoms with E-state index in [9.17, 15) is 9.90 Å². The Labute approximate surface area is 119 Å². The molecule has 1 aromatic rings. The summed E-state index contributed by atoms with van der Waals surface area (Å²) in [4.78, 5) is 22.5. The van der Waals surface area contributed by atoms with E-state index in [1.54, 1.807) is 17.3 Å². The van der Waals surface area contributed by atoms with Crippen LogP contribution < -0.4 is 5.32 Å². The molecule has 20 heavy (non-hydrogen) atoms. The van der Waals surface area contributed by atoms with Gasteiger partial charge in [-0.3, -0.25) is 4.79 Å². The normalized spacial score (nSPS) is 19.2. The number of rotatable bonds is 4. The molecule has 1 saturated heterocycles. The van der Waals surface area contributed by atoms with Gasteiger partial charge in [0.15, 0.2) is 0 Å². The van der Waals surface area contributed by atoms with E-state index in [0.717, 1.165) is 19.3 Å². The molecule has 2 heterocycles. The average Bonchev–Trinajstić information content (AvgIpc) is 2.46. The van der Waals surface area contributed by atoms with E-state index in [1.807, 2.05) is 13.8 Å². The Balaban J connectivity index is 2.08. The maximum atomic E-state index is 12.4. The van der Waals surface area contributed by atoms with E-state index in [0.29, 0.717) is 18.1 Å². The highest BCUT2D eigenvalue weighted by molar-refractivity contribution is 5.94. The average molecular weight is 278 g/mol. The Morgan fingerprint density at radius 2 is 2.15 bits per heavy atom. The van der Waals surface area contributed by atoms with Crippen LogP contribution in [0.5, 0.6) is 0 Å². The lowest BCUT2D eigenvalue weighted by atomic mass is 10.0. The van der Waals surface area contributed by atoms with Gasteiger partial charge in [-0.25, -0.2) is 9.97 Å². The van der Waals surface area contributed by atoms with Crippen molar-refractivity contribution in [3.63, 3.8) is 0 Å². The first-order valence-corrected chi connectivity index (χ1v) is 7.12. The summed E-state index contributed by atoms with van der Waals surface area (Å²) in [5.74, 6) is 0.425. The lowest BCUT2D eigenvalue weighted by Crippen LogP contribution is -2.45. The number of likely N-dealkylation sites (tertiary alicyclic amines) is 1. The first-order chi connectivity index (χ1) is 9.61. The Bertz CT molecular complexity index is 447. The molecule has 0 aromatic carbocycles. The molecule has 110 valence electrons. The lowest BCUT2D eigenvalue weighted by molar-refractivity contribution is 0.0502.